The first kappa shape index (κ1) is 12.3. The van der Waals surface area contributed by atoms with Gasteiger partial charge in [-0.15, -0.1) is 0 Å². The maximum absolute atomic E-state index is 4.31. The van der Waals surface area contributed by atoms with Crippen LogP contribution in [0.15, 0.2) is 49.1 Å². The zero-order chi connectivity index (χ0) is 12.9. The van der Waals surface area contributed by atoms with Crippen LogP contribution in [0, 0.1) is 5.92 Å². The third-order valence-electron chi connectivity index (χ3n) is 4.29. The molecule has 0 aliphatic heterocycles. The summed E-state index contributed by atoms with van der Waals surface area (Å²) in [4.78, 5) is 8.42. The van der Waals surface area contributed by atoms with E-state index >= 15 is 0 Å². The Bertz CT molecular complexity index is 489. The number of hydrogen-bond acceptors (Lipinski definition) is 2. The summed E-state index contributed by atoms with van der Waals surface area (Å²) in [6.07, 6.45) is 14.3. The lowest BCUT2D eigenvalue weighted by Gasteiger charge is -2.23. The Balaban J connectivity index is 1.84. The van der Waals surface area contributed by atoms with Crippen molar-refractivity contribution in [3.05, 3.63) is 60.2 Å². The fraction of sp³-hybridized carbons (Fsp3) is 0.412. The highest BCUT2D eigenvalue weighted by Gasteiger charge is 2.26. The molecule has 3 rings (SSSR count). The third-order valence-corrected chi connectivity index (χ3v) is 4.29. The van der Waals surface area contributed by atoms with E-state index in [1.807, 2.05) is 24.8 Å². The fourth-order valence-electron chi connectivity index (χ4n) is 3.28. The number of hydrogen-bond donors (Lipinski definition) is 0. The van der Waals surface area contributed by atoms with Crippen molar-refractivity contribution >= 4 is 0 Å². The number of aromatic nitrogens is 2. The second kappa shape index (κ2) is 5.96. The highest BCUT2D eigenvalue weighted by molar-refractivity contribution is 5.21. The van der Waals surface area contributed by atoms with Gasteiger partial charge in [0.1, 0.15) is 0 Å². The summed E-state index contributed by atoms with van der Waals surface area (Å²) >= 11 is 0. The van der Waals surface area contributed by atoms with Crippen LogP contribution in [0.3, 0.4) is 0 Å². The van der Waals surface area contributed by atoms with Gasteiger partial charge in [-0.2, -0.15) is 0 Å². The van der Waals surface area contributed by atoms with Crippen molar-refractivity contribution in [1.82, 2.24) is 9.97 Å². The van der Waals surface area contributed by atoms with E-state index in [-0.39, 0.29) is 0 Å². The predicted octanol–water partition coefficient (Wildman–Crippen LogP) is 3.99. The smallest absolute Gasteiger partial charge is 0.0302 e. The summed E-state index contributed by atoms with van der Waals surface area (Å²) in [6, 6.07) is 8.57. The van der Waals surface area contributed by atoms with E-state index in [0.29, 0.717) is 5.92 Å². The molecule has 2 heterocycles. The highest BCUT2D eigenvalue weighted by atomic mass is 14.6. The molecule has 1 fully saturated rings. The largest absolute Gasteiger partial charge is 0.265 e. The van der Waals surface area contributed by atoms with Crippen LogP contribution in [0.25, 0.3) is 0 Å². The van der Waals surface area contributed by atoms with Crippen LogP contribution in [0.5, 0.6) is 0 Å². The Morgan fingerprint density at radius 3 is 2.47 bits per heavy atom. The van der Waals surface area contributed by atoms with Crippen molar-refractivity contribution in [2.75, 3.05) is 0 Å². The zero-order valence-electron chi connectivity index (χ0n) is 11.2. The van der Waals surface area contributed by atoms with Gasteiger partial charge in [-0.05, 0) is 60.4 Å². The van der Waals surface area contributed by atoms with Gasteiger partial charge in [-0.1, -0.05) is 18.9 Å². The first-order chi connectivity index (χ1) is 9.43. The van der Waals surface area contributed by atoms with E-state index in [1.165, 1.54) is 36.8 Å². The number of rotatable bonds is 4. The molecule has 0 bridgehead atoms. The Labute approximate surface area is 114 Å². The summed E-state index contributed by atoms with van der Waals surface area (Å²) in [5, 5.41) is 0. The van der Waals surface area contributed by atoms with E-state index in [1.54, 1.807) is 0 Å². The van der Waals surface area contributed by atoms with Gasteiger partial charge in [-0.25, -0.2) is 0 Å². The van der Waals surface area contributed by atoms with E-state index in [4.69, 9.17) is 0 Å². The molecule has 19 heavy (non-hydrogen) atoms. The Hall–Kier alpha value is -1.70. The molecule has 2 nitrogen and oxygen atoms in total. The fourth-order valence-corrected chi connectivity index (χ4v) is 3.28. The van der Waals surface area contributed by atoms with Crippen LogP contribution >= 0.6 is 0 Å². The van der Waals surface area contributed by atoms with Crippen LogP contribution in [-0.2, 0) is 6.42 Å². The highest BCUT2D eigenvalue weighted by Crippen LogP contribution is 2.38. The van der Waals surface area contributed by atoms with E-state index in [2.05, 4.69) is 34.2 Å². The van der Waals surface area contributed by atoms with Crippen molar-refractivity contribution in [2.24, 2.45) is 5.92 Å². The van der Waals surface area contributed by atoms with Crippen LogP contribution in [0.2, 0.25) is 0 Å². The lowest BCUT2D eigenvalue weighted by molar-refractivity contribution is 0.430. The third kappa shape index (κ3) is 3.01. The quantitative estimate of drug-likeness (QED) is 0.822. The van der Waals surface area contributed by atoms with Crippen LogP contribution in [0.1, 0.15) is 42.7 Å². The molecule has 0 spiro atoms. The molecule has 2 aromatic rings. The summed E-state index contributed by atoms with van der Waals surface area (Å²) in [5.74, 6) is 1.43. The summed E-state index contributed by atoms with van der Waals surface area (Å²) in [6.45, 7) is 0. The van der Waals surface area contributed by atoms with Crippen molar-refractivity contribution < 1.29 is 0 Å². The minimum absolute atomic E-state index is 0.610. The number of nitrogens with zero attached hydrogens (tertiary/aromatic N) is 2. The monoisotopic (exact) mass is 252 g/mol. The molecular weight excluding hydrogens is 232 g/mol. The molecule has 1 aliphatic rings. The maximum Gasteiger partial charge on any atom is 0.0302 e. The van der Waals surface area contributed by atoms with Crippen LogP contribution in [0.4, 0.5) is 0 Å². The molecule has 2 heteroatoms. The van der Waals surface area contributed by atoms with Gasteiger partial charge in [0.15, 0.2) is 0 Å². The van der Waals surface area contributed by atoms with Crippen molar-refractivity contribution in [2.45, 2.75) is 38.0 Å². The molecule has 1 aliphatic carbocycles. The average molecular weight is 252 g/mol. The Morgan fingerprint density at radius 2 is 1.79 bits per heavy atom. The zero-order valence-corrected chi connectivity index (χ0v) is 11.2. The lowest BCUT2D eigenvalue weighted by Crippen LogP contribution is -2.13. The SMILES string of the molecule is c1cncc(C(Cc2ccncc2)C2CCCC2)c1. The summed E-state index contributed by atoms with van der Waals surface area (Å²) < 4.78 is 0. The first-order valence-corrected chi connectivity index (χ1v) is 7.22. The topological polar surface area (TPSA) is 25.8 Å². The predicted molar refractivity (Wildman–Crippen MR) is 76.9 cm³/mol. The normalized spacial score (nSPS) is 17.5. The standard InChI is InChI=1S/C17H20N2/c1-2-5-15(4-1)17(16-6-3-9-19-13-16)12-14-7-10-18-11-8-14/h3,6-11,13,15,17H,1-2,4-5,12H2. The van der Waals surface area contributed by atoms with Crippen molar-refractivity contribution in [3.8, 4) is 0 Å². The molecular formula is C17H20N2. The summed E-state index contributed by atoms with van der Waals surface area (Å²) in [5.41, 5.74) is 2.78. The minimum atomic E-state index is 0.610. The van der Waals surface area contributed by atoms with E-state index in [0.717, 1.165) is 12.3 Å². The molecule has 0 aromatic carbocycles. The Morgan fingerprint density at radius 1 is 1.00 bits per heavy atom. The van der Waals surface area contributed by atoms with Gasteiger partial charge < -0.3 is 0 Å². The summed E-state index contributed by atoms with van der Waals surface area (Å²) in [7, 11) is 0. The second-order valence-corrected chi connectivity index (χ2v) is 5.50. The molecule has 0 radical (unpaired) electrons. The molecule has 2 aromatic heterocycles. The maximum atomic E-state index is 4.31. The van der Waals surface area contributed by atoms with Gasteiger partial charge in [0.05, 0.1) is 0 Å². The van der Waals surface area contributed by atoms with Crippen LogP contribution < -0.4 is 0 Å². The molecule has 1 saturated carbocycles. The van der Waals surface area contributed by atoms with Crippen molar-refractivity contribution in [1.29, 1.82) is 0 Å². The molecule has 98 valence electrons. The Kier molecular flexibility index (Phi) is 3.87. The van der Waals surface area contributed by atoms with Gasteiger partial charge >= 0.3 is 0 Å². The molecule has 1 atom stereocenters. The van der Waals surface area contributed by atoms with Crippen molar-refractivity contribution in [3.63, 3.8) is 0 Å². The van der Waals surface area contributed by atoms with E-state index in [9.17, 15) is 0 Å². The lowest BCUT2D eigenvalue weighted by atomic mass is 9.81. The van der Waals surface area contributed by atoms with Gasteiger partial charge in [0.25, 0.3) is 0 Å². The van der Waals surface area contributed by atoms with Gasteiger partial charge in [0, 0.05) is 24.8 Å². The van der Waals surface area contributed by atoms with Gasteiger partial charge in [-0.3, -0.25) is 9.97 Å². The van der Waals surface area contributed by atoms with Gasteiger partial charge in [0.2, 0.25) is 0 Å². The molecule has 0 amide bonds. The molecule has 1 unspecified atom stereocenters. The molecule has 0 N–H and O–H groups in total. The number of pyridine rings is 2. The second-order valence-electron chi connectivity index (χ2n) is 5.50. The minimum Gasteiger partial charge on any atom is -0.265 e. The first-order valence-electron chi connectivity index (χ1n) is 7.22. The molecule has 0 saturated heterocycles. The van der Waals surface area contributed by atoms with Crippen LogP contribution in [-0.4, -0.2) is 9.97 Å². The average Bonchev–Trinajstić information content (AvgIpc) is 3.01. The van der Waals surface area contributed by atoms with E-state index < -0.39 is 0 Å².